The van der Waals surface area contributed by atoms with Crippen LogP contribution < -0.4 is 14.8 Å². The van der Waals surface area contributed by atoms with Gasteiger partial charge in [0.15, 0.2) is 11.5 Å². The second-order valence-electron chi connectivity index (χ2n) is 8.27. The standard InChI is InChI=1S/C27H29NO4.CH2O/c1-19-7-6-8-20(15-19)13-14-32-25-16-23(11-12-24(25)30-2)28-27(26(29)31-3)17-21-9-4-5-10-22(21)18-27;1-2/h4-12,15-16,28H,13-14,17-18H2,1-3H3;1H2. The number of ether oxygens (including phenoxy) is 3. The second-order valence-corrected chi connectivity index (χ2v) is 8.27. The molecule has 0 amide bonds. The van der Waals surface area contributed by atoms with Gasteiger partial charge >= 0.3 is 5.97 Å². The summed E-state index contributed by atoms with van der Waals surface area (Å²) < 4.78 is 16.8. The van der Waals surface area contributed by atoms with Gasteiger partial charge in [0.05, 0.1) is 20.8 Å². The lowest BCUT2D eigenvalue weighted by atomic mass is 9.95. The zero-order chi connectivity index (χ0) is 24.6. The molecular formula is C28H31NO5. The van der Waals surface area contributed by atoms with Crippen LogP contribution in [0.5, 0.6) is 11.5 Å². The number of nitrogens with one attached hydrogen (secondary N) is 1. The molecule has 1 N–H and O–H groups in total. The molecule has 0 saturated carbocycles. The number of anilines is 1. The summed E-state index contributed by atoms with van der Waals surface area (Å²) >= 11 is 0. The minimum Gasteiger partial charge on any atom is -0.493 e. The van der Waals surface area contributed by atoms with Crippen molar-refractivity contribution in [1.29, 1.82) is 0 Å². The van der Waals surface area contributed by atoms with E-state index in [1.54, 1.807) is 7.11 Å². The van der Waals surface area contributed by atoms with Crippen LogP contribution in [0.1, 0.15) is 22.3 Å². The van der Waals surface area contributed by atoms with E-state index in [1.807, 2.05) is 37.1 Å². The molecule has 6 heteroatoms. The van der Waals surface area contributed by atoms with Crippen LogP contribution in [-0.4, -0.2) is 39.1 Å². The van der Waals surface area contributed by atoms with Crippen LogP contribution >= 0.6 is 0 Å². The molecule has 0 spiro atoms. The second kappa shape index (κ2) is 11.4. The maximum absolute atomic E-state index is 12.8. The van der Waals surface area contributed by atoms with Gasteiger partial charge in [-0.15, -0.1) is 0 Å². The van der Waals surface area contributed by atoms with E-state index >= 15 is 0 Å². The average molecular weight is 462 g/mol. The van der Waals surface area contributed by atoms with Crippen LogP contribution in [0, 0.1) is 6.92 Å². The van der Waals surface area contributed by atoms with Crippen molar-refractivity contribution in [3.05, 3.63) is 89.0 Å². The van der Waals surface area contributed by atoms with Crippen LogP contribution in [0.15, 0.2) is 66.7 Å². The van der Waals surface area contributed by atoms with Gasteiger partial charge in [0, 0.05) is 31.0 Å². The SMILES string of the molecule is C=O.COC(=O)C1(Nc2ccc(OC)c(OCCc3cccc(C)c3)c2)Cc2ccccc2C1. The summed E-state index contributed by atoms with van der Waals surface area (Å²) in [6, 6.07) is 22.2. The molecule has 1 aliphatic rings. The van der Waals surface area contributed by atoms with Crippen molar-refractivity contribution in [3.8, 4) is 11.5 Å². The lowest BCUT2D eigenvalue weighted by Gasteiger charge is -2.29. The normalized spacial score (nSPS) is 13.1. The van der Waals surface area contributed by atoms with E-state index in [1.165, 1.54) is 18.2 Å². The van der Waals surface area contributed by atoms with Crippen molar-refractivity contribution in [1.82, 2.24) is 0 Å². The molecule has 0 heterocycles. The number of aryl methyl sites for hydroxylation is 1. The van der Waals surface area contributed by atoms with Crippen LogP contribution in [0.3, 0.4) is 0 Å². The van der Waals surface area contributed by atoms with E-state index in [0.29, 0.717) is 30.9 Å². The predicted molar refractivity (Wildman–Crippen MR) is 133 cm³/mol. The molecule has 0 radical (unpaired) electrons. The third-order valence-electron chi connectivity index (χ3n) is 5.96. The smallest absolute Gasteiger partial charge is 0.332 e. The number of methoxy groups -OCH3 is 2. The number of carbonyl (C=O) groups excluding carboxylic acids is 2. The van der Waals surface area contributed by atoms with Gasteiger partial charge in [-0.05, 0) is 35.7 Å². The van der Waals surface area contributed by atoms with E-state index in [4.69, 9.17) is 19.0 Å². The van der Waals surface area contributed by atoms with Crippen molar-refractivity contribution >= 4 is 18.4 Å². The van der Waals surface area contributed by atoms with Crippen molar-refractivity contribution in [2.75, 3.05) is 26.1 Å². The number of hydrogen-bond donors (Lipinski definition) is 1. The van der Waals surface area contributed by atoms with Crippen LogP contribution in [0.2, 0.25) is 0 Å². The Bertz CT molecular complexity index is 1100. The Morgan fingerprint density at radius 3 is 2.26 bits per heavy atom. The van der Waals surface area contributed by atoms with Gasteiger partial charge in [0.25, 0.3) is 0 Å². The number of hydrogen-bond acceptors (Lipinski definition) is 6. The van der Waals surface area contributed by atoms with Crippen molar-refractivity contribution < 1.29 is 23.8 Å². The first kappa shape index (κ1) is 24.8. The Balaban J connectivity index is 0.00000158. The number of carbonyl (C=O) groups is 2. The van der Waals surface area contributed by atoms with Crippen LogP contribution in [0.25, 0.3) is 0 Å². The molecule has 4 rings (SSSR count). The molecule has 6 nitrogen and oxygen atoms in total. The van der Waals surface area contributed by atoms with Crippen LogP contribution in [0.4, 0.5) is 5.69 Å². The van der Waals surface area contributed by atoms with Crippen molar-refractivity contribution in [2.24, 2.45) is 0 Å². The first-order valence-electron chi connectivity index (χ1n) is 11.1. The Morgan fingerprint density at radius 2 is 1.65 bits per heavy atom. The van der Waals surface area contributed by atoms with Crippen LogP contribution in [-0.2, 0) is 33.6 Å². The summed E-state index contributed by atoms with van der Waals surface area (Å²) in [7, 11) is 3.06. The lowest BCUT2D eigenvalue weighted by Crippen LogP contribution is -2.48. The summed E-state index contributed by atoms with van der Waals surface area (Å²) in [5.41, 5.74) is 4.73. The fraction of sp³-hybridized carbons (Fsp3) is 0.286. The lowest BCUT2D eigenvalue weighted by molar-refractivity contribution is -0.145. The Hall–Kier alpha value is -3.80. The summed E-state index contributed by atoms with van der Waals surface area (Å²) in [6.45, 7) is 4.61. The molecule has 0 bridgehead atoms. The maximum Gasteiger partial charge on any atom is 0.332 e. The van der Waals surface area contributed by atoms with Gasteiger partial charge in [-0.25, -0.2) is 4.79 Å². The topological polar surface area (TPSA) is 73.9 Å². The molecule has 0 atom stereocenters. The van der Waals surface area contributed by atoms with Gasteiger partial charge in [0.2, 0.25) is 0 Å². The molecule has 0 fully saturated rings. The fourth-order valence-electron chi connectivity index (χ4n) is 4.38. The zero-order valence-corrected chi connectivity index (χ0v) is 19.9. The highest BCUT2D eigenvalue weighted by atomic mass is 16.5. The highest BCUT2D eigenvalue weighted by Crippen LogP contribution is 2.37. The molecule has 3 aromatic carbocycles. The molecule has 34 heavy (non-hydrogen) atoms. The molecule has 3 aromatic rings. The summed E-state index contributed by atoms with van der Waals surface area (Å²) in [5, 5.41) is 3.45. The monoisotopic (exact) mass is 461 g/mol. The van der Waals surface area contributed by atoms with E-state index in [2.05, 4.69) is 48.6 Å². The van der Waals surface area contributed by atoms with E-state index < -0.39 is 5.54 Å². The van der Waals surface area contributed by atoms with Gasteiger partial charge in [-0.3, -0.25) is 0 Å². The first-order valence-corrected chi connectivity index (χ1v) is 11.1. The number of esters is 1. The Labute approximate surface area is 200 Å². The summed E-state index contributed by atoms with van der Waals surface area (Å²) in [6.07, 6.45) is 1.95. The van der Waals surface area contributed by atoms with Gasteiger partial charge in [-0.1, -0.05) is 54.1 Å². The summed E-state index contributed by atoms with van der Waals surface area (Å²) in [5.74, 6) is 1.02. The average Bonchev–Trinajstić information content (AvgIpc) is 3.24. The molecule has 0 aliphatic heterocycles. The predicted octanol–water partition coefficient (Wildman–Crippen LogP) is 4.56. The summed E-state index contributed by atoms with van der Waals surface area (Å²) in [4.78, 5) is 20.8. The third-order valence-corrected chi connectivity index (χ3v) is 5.96. The minimum atomic E-state index is -0.841. The van der Waals surface area contributed by atoms with Gasteiger partial charge in [0.1, 0.15) is 12.3 Å². The molecule has 0 aromatic heterocycles. The third kappa shape index (κ3) is 5.57. The number of rotatable bonds is 8. The van der Waals surface area contributed by atoms with E-state index in [-0.39, 0.29) is 5.97 Å². The van der Waals surface area contributed by atoms with Crippen molar-refractivity contribution in [3.63, 3.8) is 0 Å². The quantitative estimate of drug-likeness (QED) is 0.496. The van der Waals surface area contributed by atoms with E-state index in [9.17, 15) is 4.79 Å². The molecule has 0 unspecified atom stereocenters. The Morgan fingerprint density at radius 1 is 0.941 bits per heavy atom. The van der Waals surface area contributed by atoms with Crippen molar-refractivity contribution in [2.45, 2.75) is 31.7 Å². The Kier molecular flexibility index (Phi) is 8.30. The van der Waals surface area contributed by atoms with E-state index in [0.717, 1.165) is 23.2 Å². The zero-order valence-electron chi connectivity index (χ0n) is 19.9. The maximum atomic E-state index is 12.8. The fourth-order valence-corrected chi connectivity index (χ4v) is 4.38. The van der Waals surface area contributed by atoms with Gasteiger partial charge < -0.3 is 24.3 Å². The largest absolute Gasteiger partial charge is 0.493 e. The number of fused-ring (bicyclic) bond motifs is 1. The molecular weight excluding hydrogens is 430 g/mol. The van der Waals surface area contributed by atoms with Gasteiger partial charge in [-0.2, -0.15) is 0 Å². The highest BCUT2D eigenvalue weighted by molar-refractivity contribution is 5.87. The first-order chi connectivity index (χ1) is 16.5. The minimum absolute atomic E-state index is 0.272. The number of benzene rings is 3. The molecule has 1 aliphatic carbocycles. The molecule has 0 saturated heterocycles. The highest BCUT2D eigenvalue weighted by Gasteiger charge is 2.45. The molecule has 178 valence electrons.